The minimum Gasteiger partial charge on any atom is -0.393 e. The number of carbonyl (C=O) groups excluding carboxylic acids is 2. The number of aliphatic hydroxyl groups excluding tert-OH is 1. The van der Waals surface area contributed by atoms with Gasteiger partial charge in [-0.3, -0.25) is 23.9 Å². The molecule has 2 N–H and O–H groups in total. The summed E-state index contributed by atoms with van der Waals surface area (Å²) in [5, 5.41) is 10.7. The summed E-state index contributed by atoms with van der Waals surface area (Å²) < 4.78 is 14.4. The normalized spacial score (nSPS) is 28.8. The number of hydrogen-bond donors (Lipinski definition) is 2. The number of aliphatic hydroxyl groups is 1. The number of carbonyl (C=O) groups is 2. The van der Waals surface area contributed by atoms with E-state index in [1.807, 2.05) is 11.9 Å². The van der Waals surface area contributed by atoms with Crippen LogP contribution in [0.5, 0.6) is 0 Å². The summed E-state index contributed by atoms with van der Waals surface area (Å²) in [6.45, 7) is 14.1. The van der Waals surface area contributed by atoms with Crippen molar-refractivity contribution in [2.75, 3.05) is 26.2 Å². The van der Waals surface area contributed by atoms with Crippen molar-refractivity contribution in [3.63, 3.8) is 0 Å². The summed E-state index contributed by atoms with van der Waals surface area (Å²) in [5.41, 5.74) is 0.304. The van der Waals surface area contributed by atoms with Gasteiger partial charge in [-0.1, -0.05) is 38.5 Å². The Morgan fingerprint density at radius 3 is 2.48 bits per heavy atom. The molecule has 1 aliphatic heterocycles. The van der Waals surface area contributed by atoms with Crippen LogP contribution in [-0.4, -0.2) is 68.6 Å². The third-order valence-corrected chi connectivity index (χ3v) is 9.97. The van der Waals surface area contributed by atoms with E-state index in [9.17, 15) is 28.7 Å². The number of hydrogen-bond acceptors (Lipinski definition) is 5. The van der Waals surface area contributed by atoms with Crippen molar-refractivity contribution in [3.8, 4) is 0 Å². The minimum absolute atomic E-state index is 0.0861. The molecule has 2 saturated carbocycles. The van der Waals surface area contributed by atoms with E-state index in [1.165, 1.54) is 10.5 Å². The molecule has 4 rings (SSSR count). The van der Waals surface area contributed by atoms with Crippen LogP contribution in [0.2, 0.25) is 0 Å². The predicted molar refractivity (Wildman–Crippen MR) is 150 cm³/mol. The number of aromatic amines is 1. The largest absolute Gasteiger partial charge is 0.393 e. The number of piperazine rings is 1. The Hall–Kier alpha value is -3.01. The van der Waals surface area contributed by atoms with Crippen LogP contribution in [0.4, 0.5) is 4.39 Å². The van der Waals surface area contributed by atoms with Gasteiger partial charge in [-0.15, -0.1) is 0 Å². The highest BCUT2D eigenvalue weighted by atomic mass is 19.1. The van der Waals surface area contributed by atoms with Gasteiger partial charge >= 0.3 is 5.69 Å². The van der Waals surface area contributed by atoms with Gasteiger partial charge in [-0.25, -0.2) is 4.79 Å². The second-order valence-electron chi connectivity index (χ2n) is 12.8. The quantitative estimate of drug-likeness (QED) is 0.412. The lowest BCUT2D eigenvalue weighted by molar-refractivity contribution is -0.137. The molecule has 1 aromatic heterocycles. The second kappa shape index (κ2) is 11.5. The molecule has 3 aliphatic rings. The average molecular weight is 559 g/mol. The van der Waals surface area contributed by atoms with Gasteiger partial charge < -0.3 is 14.9 Å². The van der Waals surface area contributed by atoms with Crippen LogP contribution < -0.4 is 11.2 Å². The molecule has 9 nitrogen and oxygen atoms in total. The summed E-state index contributed by atoms with van der Waals surface area (Å²) in [5.74, 6) is -0.809. The number of fused-ring (bicyclic) bond motifs is 1. The lowest BCUT2D eigenvalue weighted by Crippen LogP contribution is -2.54. The van der Waals surface area contributed by atoms with E-state index in [1.54, 1.807) is 11.0 Å². The monoisotopic (exact) mass is 558 g/mol. The lowest BCUT2D eigenvalue weighted by atomic mass is 9.46. The highest BCUT2D eigenvalue weighted by Crippen LogP contribution is 2.61. The average Bonchev–Trinajstić information content (AvgIpc) is 2.89. The summed E-state index contributed by atoms with van der Waals surface area (Å²) in [6, 6.07) is 0. The molecule has 0 aromatic carbocycles. The van der Waals surface area contributed by atoms with Crippen molar-refractivity contribution < 1.29 is 19.1 Å². The summed E-state index contributed by atoms with van der Waals surface area (Å²) in [6.07, 6.45) is 7.72. The summed E-state index contributed by atoms with van der Waals surface area (Å²) in [7, 11) is 0. The Morgan fingerprint density at radius 1 is 1.15 bits per heavy atom. The Morgan fingerprint density at radius 2 is 1.80 bits per heavy atom. The third kappa shape index (κ3) is 5.87. The van der Waals surface area contributed by atoms with Gasteiger partial charge in [0.2, 0.25) is 17.6 Å². The number of amides is 2. The number of halogens is 1. The zero-order valence-corrected chi connectivity index (χ0v) is 24.2. The molecule has 0 radical (unpaired) electrons. The van der Waals surface area contributed by atoms with Crippen LogP contribution in [0.25, 0.3) is 0 Å². The van der Waals surface area contributed by atoms with Crippen LogP contribution in [0.1, 0.15) is 66.2 Å². The Labute approximate surface area is 234 Å². The minimum atomic E-state index is -1.13. The molecular formula is C30H43FN4O5. The molecule has 220 valence electrons. The van der Waals surface area contributed by atoms with Crippen LogP contribution in [0.3, 0.4) is 0 Å². The van der Waals surface area contributed by atoms with Crippen LogP contribution in [0, 0.1) is 28.5 Å². The highest BCUT2D eigenvalue weighted by molar-refractivity contribution is 5.88. The Kier molecular flexibility index (Phi) is 8.59. The zero-order valence-electron chi connectivity index (χ0n) is 24.2. The molecule has 0 bridgehead atoms. The standard InChI is InChI=1S/C30H43FN4O5/c1-19(6-8-21-20(2)7-9-23-29(3,4)24(36)10-11-30(21,23)5)16-25(37)33-12-14-34(15-13-33)26(38)18-35-17-22(31)27(39)32-28(35)40/h16-17,21,23-24,36H,2,6-15,18H2,1,3-5H3,(H,32,39,40)/b19-16+/t21-,23-,24-,30+/m1/s1. The van der Waals surface area contributed by atoms with Gasteiger partial charge in [-0.2, -0.15) is 4.39 Å². The number of aromatic nitrogens is 2. The smallest absolute Gasteiger partial charge is 0.328 e. The maximum Gasteiger partial charge on any atom is 0.328 e. The third-order valence-electron chi connectivity index (χ3n) is 9.97. The Bertz CT molecular complexity index is 1310. The Balaban J connectivity index is 1.31. The van der Waals surface area contributed by atoms with Gasteiger partial charge in [0.1, 0.15) is 6.54 Å². The number of H-pyrrole nitrogens is 1. The summed E-state index contributed by atoms with van der Waals surface area (Å²) >= 11 is 0. The molecule has 0 unspecified atom stereocenters. The van der Waals surface area contributed by atoms with Crippen LogP contribution >= 0.6 is 0 Å². The molecule has 3 fully saturated rings. The first-order valence-corrected chi connectivity index (χ1v) is 14.3. The van der Waals surface area contributed by atoms with E-state index in [0.717, 1.165) is 54.9 Å². The van der Waals surface area contributed by atoms with Crippen molar-refractivity contribution in [1.82, 2.24) is 19.4 Å². The highest BCUT2D eigenvalue weighted by Gasteiger charge is 2.55. The first-order valence-electron chi connectivity index (χ1n) is 14.3. The first-order chi connectivity index (χ1) is 18.7. The number of nitrogens with one attached hydrogen (secondary N) is 1. The maximum atomic E-state index is 13.5. The molecule has 40 heavy (non-hydrogen) atoms. The fourth-order valence-corrected chi connectivity index (χ4v) is 7.47. The molecule has 2 heterocycles. The van der Waals surface area contributed by atoms with Crippen LogP contribution in [0.15, 0.2) is 39.6 Å². The van der Waals surface area contributed by atoms with Crippen molar-refractivity contribution in [2.45, 2.75) is 78.9 Å². The van der Waals surface area contributed by atoms with E-state index >= 15 is 0 Å². The zero-order chi connectivity index (χ0) is 29.4. The van der Waals surface area contributed by atoms with Crippen LogP contribution in [-0.2, 0) is 16.1 Å². The van der Waals surface area contributed by atoms with Gasteiger partial charge in [-0.05, 0) is 68.1 Å². The molecule has 0 spiro atoms. The van der Waals surface area contributed by atoms with Crippen molar-refractivity contribution in [3.05, 3.63) is 56.7 Å². The SMILES string of the molecule is C=C1CC[C@@H]2C(C)(C)[C@H](O)CC[C@@]2(C)[C@@H]1CC/C(C)=C/C(=O)N1CCN(C(=O)Cn2cc(F)c(=O)[nH]c2=O)CC1. The molecule has 2 aliphatic carbocycles. The molecule has 4 atom stereocenters. The molecule has 10 heteroatoms. The number of allylic oxidation sites excluding steroid dienone is 2. The first kappa shape index (κ1) is 30.0. The van der Waals surface area contributed by atoms with Crippen molar-refractivity contribution in [2.24, 2.45) is 22.7 Å². The fourth-order valence-electron chi connectivity index (χ4n) is 7.47. The van der Waals surface area contributed by atoms with Crippen molar-refractivity contribution in [1.29, 1.82) is 0 Å². The van der Waals surface area contributed by atoms with E-state index in [4.69, 9.17) is 0 Å². The van der Waals surface area contributed by atoms with Gasteiger partial charge in [0.25, 0.3) is 5.56 Å². The summed E-state index contributed by atoms with van der Waals surface area (Å²) in [4.78, 5) is 53.8. The molecular weight excluding hydrogens is 515 g/mol. The lowest BCUT2D eigenvalue weighted by Gasteiger charge is -2.59. The maximum absolute atomic E-state index is 13.5. The van der Waals surface area contributed by atoms with E-state index < -0.39 is 17.1 Å². The second-order valence-corrected chi connectivity index (χ2v) is 12.8. The molecule has 1 saturated heterocycles. The van der Waals surface area contributed by atoms with Gasteiger partial charge in [0, 0.05) is 32.3 Å². The molecule has 1 aromatic rings. The number of rotatable bonds is 6. The van der Waals surface area contributed by atoms with Crippen molar-refractivity contribution >= 4 is 11.8 Å². The van der Waals surface area contributed by atoms with E-state index in [0.29, 0.717) is 38.0 Å². The topological polar surface area (TPSA) is 116 Å². The number of nitrogens with zero attached hydrogens (tertiary/aromatic N) is 3. The van der Waals surface area contributed by atoms with E-state index in [-0.39, 0.29) is 35.3 Å². The fraction of sp³-hybridized carbons (Fsp3) is 0.667. The molecule has 2 amide bonds. The van der Waals surface area contributed by atoms with E-state index in [2.05, 4.69) is 27.4 Å². The van der Waals surface area contributed by atoms with Gasteiger partial charge in [0.15, 0.2) is 0 Å². The predicted octanol–water partition coefficient (Wildman–Crippen LogP) is 2.84. The van der Waals surface area contributed by atoms with Gasteiger partial charge in [0.05, 0.1) is 12.3 Å².